The van der Waals surface area contributed by atoms with Crippen LogP contribution in [0.25, 0.3) is 0 Å². The highest BCUT2D eigenvalue weighted by Crippen LogP contribution is 2.36. The van der Waals surface area contributed by atoms with Gasteiger partial charge < -0.3 is 14.8 Å². The summed E-state index contributed by atoms with van der Waals surface area (Å²) in [6.07, 6.45) is -2.83. The Hall–Kier alpha value is -2.10. The Bertz CT molecular complexity index is 922. The van der Waals surface area contributed by atoms with Gasteiger partial charge in [-0.3, -0.25) is 9.48 Å². The molecule has 1 aromatic heterocycles. The van der Waals surface area contributed by atoms with Gasteiger partial charge in [0.15, 0.2) is 5.69 Å². The standard InChI is InChI=1S/C13H16ClNO2.C7H6ClF3N2O/c1-15-8-6-13(7-9-15,12(16)17)10-2-4-11(14)5-3-10;1-4-5(8)6(7(9,10)11)12-13(4)2-3-14/h2-5H,6-9H2,1H3,(H,16,17);3H,2H2,1H3. The molecular formula is C20H22Cl2F3N3O3. The van der Waals surface area contributed by atoms with Gasteiger partial charge >= 0.3 is 12.1 Å². The zero-order valence-corrected chi connectivity index (χ0v) is 18.4. The summed E-state index contributed by atoms with van der Waals surface area (Å²) >= 11 is 11.3. The zero-order valence-electron chi connectivity index (χ0n) is 16.9. The largest absolute Gasteiger partial charge is 0.481 e. The average molecular weight is 480 g/mol. The van der Waals surface area contributed by atoms with Crippen molar-refractivity contribution in [3.63, 3.8) is 0 Å². The molecular weight excluding hydrogens is 458 g/mol. The second-order valence-corrected chi connectivity index (χ2v) is 8.11. The molecule has 170 valence electrons. The number of rotatable bonds is 4. The van der Waals surface area contributed by atoms with Gasteiger partial charge in [0.1, 0.15) is 6.29 Å². The van der Waals surface area contributed by atoms with E-state index in [-0.39, 0.29) is 12.2 Å². The van der Waals surface area contributed by atoms with Crippen LogP contribution in [0.5, 0.6) is 0 Å². The van der Waals surface area contributed by atoms with Crippen molar-refractivity contribution >= 4 is 35.5 Å². The van der Waals surface area contributed by atoms with Crippen molar-refractivity contribution in [2.45, 2.75) is 37.9 Å². The number of carboxylic acids is 1. The first kappa shape index (κ1) is 25.2. The van der Waals surface area contributed by atoms with E-state index in [1.165, 1.54) is 6.92 Å². The number of carbonyl (C=O) groups excluding carboxylic acids is 1. The Morgan fingerprint density at radius 3 is 2.19 bits per heavy atom. The molecule has 3 rings (SSSR count). The number of nitrogens with zero attached hydrogens (tertiary/aromatic N) is 3. The lowest BCUT2D eigenvalue weighted by Gasteiger charge is -2.37. The van der Waals surface area contributed by atoms with Crippen molar-refractivity contribution in [1.82, 2.24) is 14.7 Å². The maximum absolute atomic E-state index is 12.2. The van der Waals surface area contributed by atoms with Crippen LogP contribution in [0.4, 0.5) is 13.2 Å². The number of aliphatic carboxylic acids is 1. The second-order valence-electron chi connectivity index (χ2n) is 7.29. The van der Waals surface area contributed by atoms with Gasteiger partial charge in [-0.15, -0.1) is 0 Å². The summed E-state index contributed by atoms with van der Waals surface area (Å²) in [6, 6.07) is 7.20. The Kier molecular flexibility index (Phi) is 8.13. The van der Waals surface area contributed by atoms with E-state index in [0.29, 0.717) is 24.2 Å². The number of hydrogen-bond acceptors (Lipinski definition) is 4. The maximum atomic E-state index is 12.2. The number of hydrogen-bond donors (Lipinski definition) is 1. The minimum absolute atomic E-state index is 0.131. The molecule has 2 heterocycles. The van der Waals surface area contributed by atoms with Crippen molar-refractivity contribution < 1.29 is 27.9 Å². The van der Waals surface area contributed by atoms with Crippen molar-refractivity contribution in [3.8, 4) is 0 Å². The molecule has 0 bridgehead atoms. The van der Waals surface area contributed by atoms with Gasteiger partial charge in [-0.05, 0) is 57.6 Å². The SMILES string of the molecule is CN1CCC(C(=O)O)(c2ccc(Cl)cc2)CC1.Cc1c(Cl)c(C(F)(F)F)nn1CC=O. The first-order valence-corrected chi connectivity index (χ1v) is 10.1. The normalized spacial score (nSPS) is 16.4. The summed E-state index contributed by atoms with van der Waals surface area (Å²) in [7, 11) is 2.02. The molecule has 0 radical (unpaired) electrons. The highest BCUT2D eigenvalue weighted by molar-refractivity contribution is 6.32. The van der Waals surface area contributed by atoms with Gasteiger partial charge in [-0.25, -0.2) is 0 Å². The predicted octanol–water partition coefficient (Wildman–Crippen LogP) is 4.45. The highest BCUT2D eigenvalue weighted by Gasteiger charge is 2.42. The van der Waals surface area contributed by atoms with Gasteiger partial charge in [-0.1, -0.05) is 35.3 Å². The van der Waals surface area contributed by atoms with Crippen LogP contribution >= 0.6 is 23.2 Å². The van der Waals surface area contributed by atoms with Crippen LogP contribution < -0.4 is 0 Å². The molecule has 0 aliphatic carbocycles. The lowest BCUT2D eigenvalue weighted by molar-refractivity contribution is -0.146. The van der Waals surface area contributed by atoms with Crippen LogP contribution in [0.1, 0.15) is 29.8 Å². The fraction of sp³-hybridized carbons (Fsp3) is 0.450. The topological polar surface area (TPSA) is 75.4 Å². The fourth-order valence-corrected chi connectivity index (χ4v) is 3.72. The molecule has 11 heteroatoms. The monoisotopic (exact) mass is 479 g/mol. The number of aromatic nitrogens is 2. The quantitative estimate of drug-likeness (QED) is 0.655. The van der Waals surface area contributed by atoms with E-state index in [1.807, 2.05) is 19.2 Å². The third-order valence-corrected chi connectivity index (χ3v) is 6.00. The van der Waals surface area contributed by atoms with Crippen molar-refractivity contribution in [2.24, 2.45) is 0 Å². The summed E-state index contributed by atoms with van der Waals surface area (Å²) < 4.78 is 37.6. The van der Waals surface area contributed by atoms with E-state index < -0.39 is 28.3 Å². The average Bonchev–Trinajstić information content (AvgIpc) is 2.99. The molecule has 1 aliphatic heterocycles. The van der Waals surface area contributed by atoms with Crippen LogP contribution in [0.3, 0.4) is 0 Å². The van der Waals surface area contributed by atoms with Crippen molar-refractivity contribution in [1.29, 1.82) is 0 Å². The molecule has 2 aromatic rings. The third kappa shape index (κ3) is 5.78. The van der Waals surface area contributed by atoms with Gasteiger partial charge in [0.25, 0.3) is 0 Å². The Morgan fingerprint density at radius 2 is 1.77 bits per heavy atom. The third-order valence-electron chi connectivity index (χ3n) is 5.30. The molecule has 0 unspecified atom stereocenters. The number of benzene rings is 1. The van der Waals surface area contributed by atoms with Crippen LogP contribution in [0.2, 0.25) is 10.0 Å². The molecule has 1 saturated heterocycles. The van der Waals surface area contributed by atoms with E-state index in [0.717, 1.165) is 23.3 Å². The first-order valence-electron chi connectivity index (χ1n) is 9.34. The second kappa shape index (κ2) is 10.0. The lowest BCUT2D eigenvalue weighted by Crippen LogP contribution is -2.46. The number of alkyl halides is 3. The maximum Gasteiger partial charge on any atom is 0.436 e. The van der Waals surface area contributed by atoms with Crippen LogP contribution in [-0.2, 0) is 27.7 Å². The van der Waals surface area contributed by atoms with Crippen molar-refractivity contribution in [2.75, 3.05) is 20.1 Å². The number of carbonyl (C=O) groups is 2. The number of carboxylic acid groups (broad SMARTS) is 1. The fourth-order valence-electron chi connectivity index (χ4n) is 3.35. The molecule has 1 N–H and O–H groups in total. The molecule has 6 nitrogen and oxygen atoms in total. The van der Waals surface area contributed by atoms with Gasteiger partial charge in [0.2, 0.25) is 0 Å². The van der Waals surface area contributed by atoms with Gasteiger partial charge in [0, 0.05) is 5.02 Å². The van der Waals surface area contributed by atoms with E-state index >= 15 is 0 Å². The number of aldehydes is 1. The Balaban J connectivity index is 0.000000225. The van der Waals surface area contributed by atoms with Crippen LogP contribution in [0, 0.1) is 6.92 Å². The summed E-state index contributed by atoms with van der Waals surface area (Å²) in [5, 5.41) is 12.9. The van der Waals surface area contributed by atoms with Crippen LogP contribution in [-0.4, -0.2) is 52.2 Å². The van der Waals surface area contributed by atoms with Crippen LogP contribution in [0.15, 0.2) is 24.3 Å². The molecule has 1 fully saturated rings. The molecule has 31 heavy (non-hydrogen) atoms. The molecule has 1 aromatic carbocycles. The first-order chi connectivity index (χ1) is 14.4. The van der Waals surface area contributed by atoms with E-state index in [4.69, 9.17) is 23.2 Å². The number of halogens is 5. The molecule has 0 saturated carbocycles. The molecule has 0 amide bonds. The summed E-state index contributed by atoms with van der Waals surface area (Å²) in [5.74, 6) is -0.729. The van der Waals surface area contributed by atoms with Gasteiger partial charge in [0.05, 0.1) is 22.7 Å². The summed E-state index contributed by atoms with van der Waals surface area (Å²) in [6.45, 7) is 2.76. The Labute approximate surface area is 187 Å². The number of piperidine rings is 1. The highest BCUT2D eigenvalue weighted by atomic mass is 35.5. The predicted molar refractivity (Wildman–Crippen MR) is 111 cm³/mol. The zero-order chi connectivity index (χ0) is 23.4. The number of likely N-dealkylation sites (tertiary alicyclic amines) is 1. The Morgan fingerprint density at radius 1 is 1.23 bits per heavy atom. The smallest absolute Gasteiger partial charge is 0.436 e. The molecule has 0 spiro atoms. The lowest BCUT2D eigenvalue weighted by atomic mass is 9.73. The summed E-state index contributed by atoms with van der Waals surface area (Å²) in [4.78, 5) is 23.9. The molecule has 0 atom stereocenters. The summed E-state index contributed by atoms with van der Waals surface area (Å²) in [5.41, 5.74) is -0.899. The van der Waals surface area contributed by atoms with E-state index in [1.54, 1.807) is 12.1 Å². The molecule has 1 aliphatic rings. The minimum Gasteiger partial charge on any atom is -0.481 e. The van der Waals surface area contributed by atoms with E-state index in [9.17, 15) is 27.9 Å². The van der Waals surface area contributed by atoms with E-state index in [2.05, 4.69) is 10.00 Å². The van der Waals surface area contributed by atoms with Crippen molar-refractivity contribution in [3.05, 3.63) is 51.3 Å². The van der Waals surface area contributed by atoms with Gasteiger partial charge in [-0.2, -0.15) is 18.3 Å². The minimum atomic E-state index is -4.59.